The molecule has 1 N–H and O–H groups in total. The van der Waals surface area contributed by atoms with Gasteiger partial charge in [0.2, 0.25) is 0 Å². The number of hydrogen-bond acceptors (Lipinski definition) is 7. The van der Waals surface area contributed by atoms with Crippen LogP contribution in [0.1, 0.15) is 23.7 Å². The molecule has 1 amide bonds. The first-order valence-corrected chi connectivity index (χ1v) is 12.1. The summed E-state index contributed by atoms with van der Waals surface area (Å²) in [5.74, 6) is 0.950. The van der Waals surface area contributed by atoms with E-state index in [-0.39, 0.29) is 31.2 Å². The quantitative estimate of drug-likeness (QED) is 0.240. The van der Waals surface area contributed by atoms with Gasteiger partial charge in [0.15, 0.2) is 5.76 Å². The number of aromatic nitrogens is 1. The van der Waals surface area contributed by atoms with Crippen LogP contribution in [0.5, 0.6) is 11.5 Å². The molecule has 0 saturated carbocycles. The van der Waals surface area contributed by atoms with Crippen LogP contribution in [-0.4, -0.2) is 30.4 Å². The van der Waals surface area contributed by atoms with Crippen LogP contribution in [0.2, 0.25) is 0 Å². The van der Waals surface area contributed by atoms with E-state index in [1.807, 2.05) is 12.1 Å². The third kappa shape index (κ3) is 6.97. The highest BCUT2D eigenvalue weighted by molar-refractivity contribution is 5.90. The highest BCUT2D eigenvalue weighted by Crippen LogP contribution is 2.33. The van der Waals surface area contributed by atoms with E-state index in [9.17, 15) is 14.0 Å². The van der Waals surface area contributed by atoms with Gasteiger partial charge in [0.25, 0.3) is 0 Å². The molecule has 0 aliphatic rings. The molecule has 3 aromatic carbocycles. The van der Waals surface area contributed by atoms with Crippen LogP contribution in [0.3, 0.4) is 0 Å². The van der Waals surface area contributed by atoms with Crippen molar-refractivity contribution in [1.82, 2.24) is 5.16 Å². The van der Waals surface area contributed by atoms with Crippen molar-refractivity contribution in [3.8, 4) is 22.8 Å². The summed E-state index contributed by atoms with van der Waals surface area (Å²) in [5, 5.41) is 6.62. The van der Waals surface area contributed by atoms with Crippen LogP contribution in [0, 0.1) is 12.7 Å². The highest BCUT2D eigenvalue weighted by atomic mass is 19.1. The van der Waals surface area contributed by atoms with Gasteiger partial charge in [-0.25, -0.2) is 9.18 Å². The van der Waals surface area contributed by atoms with Crippen LogP contribution < -0.4 is 10.1 Å². The first kappa shape index (κ1) is 26.4. The maximum atomic E-state index is 13.7. The van der Waals surface area contributed by atoms with Gasteiger partial charge < -0.3 is 18.7 Å². The zero-order valence-electron chi connectivity index (χ0n) is 21.0. The zero-order chi connectivity index (χ0) is 26.9. The molecule has 0 aliphatic heterocycles. The number of nitrogens with one attached hydrogen (secondary N) is 1. The average molecular weight is 519 g/mol. The SMILES string of the molecule is CCOC(=O)Cc1ccc(Oc2ccc(-c3onc(C)c3NC(=O)OCCc3ccccc3F)cc2)cc1. The van der Waals surface area contributed by atoms with Gasteiger partial charge in [0.1, 0.15) is 28.7 Å². The second-order valence-corrected chi connectivity index (χ2v) is 8.33. The second-order valence-electron chi connectivity index (χ2n) is 8.33. The molecule has 0 bridgehead atoms. The Morgan fingerprint density at radius 1 is 0.947 bits per heavy atom. The summed E-state index contributed by atoms with van der Waals surface area (Å²) in [5.41, 5.74) is 2.83. The van der Waals surface area contributed by atoms with Crippen molar-refractivity contribution >= 4 is 17.7 Å². The number of carbonyl (C=O) groups is 2. The Balaban J connectivity index is 1.35. The smallest absolute Gasteiger partial charge is 0.411 e. The number of aryl methyl sites for hydroxylation is 1. The third-order valence-corrected chi connectivity index (χ3v) is 5.58. The van der Waals surface area contributed by atoms with E-state index in [4.69, 9.17) is 18.7 Å². The van der Waals surface area contributed by atoms with Crippen molar-refractivity contribution in [3.63, 3.8) is 0 Å². The average Bonchev–Trinajstić information content (AvgIpc) is 3.26. The van der Waals surface area contributed by atoms with Gasteiger partial charge in [-0.2, -0.15) is 0 Å². The molecule has 0 saturated heterocycles. The lowest BCUT2D eigenvalue weighted by molar-refractivity contribution is -0.142. The summed E-state index contributed by atoms with van der Waals surface area (Å²) in [6, 6.07) is 20.6. The van der Waals surface area contributed by atoms with E-state index >= 15 is 0 Å². The highest BCUT2D eigenvalue weighted by Gasteiger charge is 2.18. The third-order valence-electron chi connectivity index (χ3n) is 5.58. The molecular weight excluding hydrogens is 491 g/mol. The molecule has 4 rings (SSSR count). The predicted octanol–water partition coefficient (Wildman–Crippen LogP) is 6.48. The molecule has 8 nitrogen and oxygen atoms in total. The van der Waals surface area contributed by atoms with Crippen molar-refractivity contribution in [1.29, 1.82) is 0 Å². The van der Waals surface area contributed by atoms with Gasteiger partial charge >= 0.3 is 12.1 Å². The summed E-state index contributed by atoms with van der Waals surface area (Å²) < 4.78 is 35.3. The normalized spacial score (nSPS) is 10.6. The van der Waals surface area contributed by atoms with Crippen LogP contribution in [0.25, 0.3) is 11.3 Å². The molecule has 0 atom stereocenters. The summed E-state index contributed by atoms with van der Waals surface area (Å²) >= 11 is 0. The molecule has 0 spiro atoms. The van der Waals surface area contributed by atoms with Crippen molar-refractivity contribution in [2.45, 2.75) is 26.7 Å². The van der Waals surface area contributed by atoms with Gasteiger partial charge in [-0.05, 0) is 67.4 Å². The predicted molar refractivity (Wildman–Crippen MR) is 139 cm³/mol. The van der Waals surface area contributed by atoms with E-state index in [2.05, 4.69) is 10.5 Å². The van der Waals surface area contributed by atoms with Crippen LogP contribution >= 0.6 is 0 Å². The maximum absolute atomic E-state index is 13.7. The molecule has 0 radical (unpaired) electrons. The first-order valence-electron chi connectivity index (χ1n) is 12.1. The number of amides is 1. The largest absolute Gasteiger partial charge is 0.466 e. The number of hydrogen-bond donors (Lipinski definition) is 1. The van der Waals surface area contributed by atoms with Crippen molar-refractivity contribution in [3.05, 3.63) is 95.4 Å². The lowest BCUT2D eigenvalue weighted by Crippen LogP contribution is -2.16. The lowest BCUT2D eigenvalue weighted by Gasteiger charge is -2.09. The fraction of sp³-hybridized carbons (Fsp3) is 0.207. The van der Waals surface area contributed by atoms with Gasteiger partial charge in [-0.1, -0.05) is 35.5 Å². The van der Waals surface area contributed by atoms with Gasteiger partial charge in [0, 0.05) is 12.0 Å². The Morgan fingerprint density at radius 2 is 1.63 bits per heavy atom. The molecular formula is C29H27FN2O6. The number of anilines is 1. The fourth-order valence-electron chi connectivity index (χ4n) is 3.67. The van der Waals surface area contributed by atoms with E-state index in [0.29, 0.717) is 46.4 Å². The van der Waals surface area contributed by atoms with Crippen molar-refractivity contribution < 1.29 is 32.7 Å². The van der Waals surface area contributed by atoms with E-state index in [1.165, 1.54) is 6.07 Å². The molecule has 1 heterocycles. The molecule has 0 unspecified atom stereocenters. The van der Waals surface area contributed by atoms with E-state index in [0.717, 1.165) is 5.56 Å². The monoisotopic (exact) mass is 518 g/mol. The molecule has 38 heavy (non-hydrogen) atoms. The molecule has 1 aromatic heterocycles. The Labute approximate surface area is 219 Å². The molecule has 4 aromatic rings. The molecule has 0 fully saturated rings. The number of esters is 1. The molecule has 9 heteroatoms. The number of benzene rings is 3. The first-order chi connectivity index (χ1) is 18.4. The fourth-order valence-corrected chi connectivity index (χ4v) is 3.67. The topological polar surface area (TPSA) is 99.9 Å². The standard InChI is InChI=1S/C29H27FN2O6/c1-3-35-26(33)18-20-8-12-23(13-9-20)37-24-14-10-22(11-15-24)28-27(19(2)32-38-28)31-29(34)36-17-16-21-6-4-5-7-25(21)30/h4-15H,3,16-18H2,1-2H3,(H,31,34). The Hall–Kier alpha value is -4.66. The van der Waals surface area contributed by atoms with E-state index < -0.39 is 6.09 Å². The Kier molecular flexibility index (Phi) is 8.71. The van der Waals surface area contributed by atoms with Crippen molar-refractivity contribution in [2.75, 3.05) is 18.5 Å². The number of halogens is 1. The lowest BCUT2D eigenvalue weighted by atomic mass is 10.1. The zero-order valence-corrected chi connectivity index (χ0v) is 21.0. The minimum absolute atomic E-state index is 0.0161. The van der Waals surface area contributed by atoms with Crippen LogP contribution in [-0.2, 0) is 27.1 Å². The Bertz CT molecular complexity index is 1380. The summed E-state index contributed by atoms with van der Waals surface area (Å²) in [4.78, 5) is 24.0. The number of rotatable bonds is 10. The van der Waals surface area contributed by atoms with Crippen molar-refractivity contribution in [2.24, 2.45) is 0 Å². The maximum Gasteiger partial charge on any atom is 0.411 e. The number of ether oxygens (including phenoxy) is 3. The number of nitrogens with zero attached hydrogens (tertiary/aromatic N) is 1. The Morgan fingerprint density at radius 3 is 2.32 bits per heavy atom. The number of carbonyl (C=O) groups excluding carboxylic acids is 2. The second kappa shape index (κ2) is 12.5. The molecule has 0 aliphatic carbocycles. The van der Waals surface area contributed by atoms with Gasteiger partial charge in [-0.15, -0.1) is 0 Å². The molecule has 196 valence electrons. The van der Waals surface area contributed by atoms with E-state index in [1.54, 1.807) is 68.4 Å². The minimum atomic E-state index is -0.694. The summed E-state index contributed by atoms with van der Waals surface area (Å²) in [7, 11) is 0. The van der Waals surface area contributed by atoms with Gasteiger partial charge in [0.05, 0.1) is 19.6 Å². The summed E-state index contributed by atoms with van der Waals surface area (Å²) in [6.07, 6.45) is -0.236. The minimum Gasteiger partial charge on any atom is -0.466 e. The summed E-state index contributed by atoms with van der Waals surface area (Å²) in [6.45, 7) is 3.84. The van der Waals surface area contributed by atoms with Crippen LogP contribution in [0.4, 0.5) is 14.9 Å². The van der Waals surface area contributed by atoms with Crippen LogP contribution in [0.15, 0.2) is 77.3 Å². The van der Waals surface area contributed by atoms with Gasteiger partial charge in [-0.3, -0.25) is 10.1 Å².